The molecule has 8 rings (SSSR count). The third kappa shape index (κ3) is 55.0. The van der Waals surface area contributed by atoms with Gasteiger partial charge in [0.05, 0.1) is 47.8 Å². The van der Waals surface area contributed by atoms with Gasteiger partial charge in [-0.25, -0.2) is 0 Å². The Morgan fingerprint density at radius 3 is 0.300 bits per heavy atom. The molecular weight excluding hydrogens is 4370 g/mol. The van der Waals surface area contributed by atoms with Gasteiger partial charge in [0.25, 0.3) is 0 Å². The summed E-state index contributed by atoms with van der Waals surface area (Å²) in [6, 6.07) is 28.3. The SMILES string of the molecule is CO.CO.CO.CO.O=C([O-])c1cc(I)cc(I)c1I.O=C([O-])c1cc(I)cc(I)c1I.O=C([O-])c1cc(I)cc(I)c1I.O=C([O-])c1cc(I)cc(I)c1I.O=C([O-])c1cc(I)cc(I)c1I.O=C([O-])c1cc(I)cc(I)c1I.O=C([O-])c1cc(I)cc(I)c1I.O=C([O-])c1cc(I)cc(I)c1I.[Cu+2].[Cu+2].[Cu+2].[Cu+2].[OH3+].[OH3+]. The number of hydrogen-bond donors (Lipinski definition) is 4. The minimum Gasteiger partial charge on any atom is -0.545 e. The van der Waals surface area contributed by atoms with Gasteiger partial charge in [-0.1, -0.05) is 0 Å². The van der Waals surface area contributed by atoms with Crippen molar-refractivity contribution in [1.82, 2.24) is 0 Å². The molecule has 0 saturated carbocycles. The molecule has 620 valence electrons. The van der Waals surface area contributed by atoms with Crippen molar-refractivity contribution >= 4 is 590 Å². The Morgan fingerprint density at radius 2 is 0.245 bits per heavy atom. The molecule has 0 amide bonds. The number of carboxylic acids is 8. The Hall–Kier alpha value is 8.88. The van der Waals surface area contributed by atoms with Crippen LogP contribution in [0.15, 0.2) is 97.1 Å². The van der Waals surface area contributed by atoms with E-state index >= 15 is 0 Å². The zero-order valence-corrected chi connectivity index (χ0v) is 109. The van der Waals surface area contributed by atoms with E-state index in [2.05, 4.69) is 361 Å². The maximum atomic E-state index is 10.6. The van der Waals surface area contributed by atoms with Crippen LogP contribution in [0.3, 0.4) is 0 Å². The number of aliphatic hydroxyl groups is 4. The van der Waals surface area contributed by atoms with Crippen LogP contribution >= 0.6 is 542 Å². The smallest absolute Gasteiger partial charge is 0.545 e. The molecule has 4 radical (unpaired) electrons. The second-order valence-corrected chi connectivity index (χ2v) is 44.2. The molecule has 8 aromatic rings. The number of hydrogen-bond acceptors (Lipinski definition) is 20. The van der Waals surface area contributed by atoms with E-state index in [1.807, 2.05) is 229 Å². The Morgan fingerprint density at radius 1 is 0.182 bits per heavy atom. The largest absolute Gasteiger partial charge is 2.00 e. The molecule has 50 heteroatoms. The molecule has 8 aromatic carbocycles. The fourth-order valence-corrected chi connectivity index (χ4v) is 24.6. The average Bonchev–Trinajstić information content (AvgIpc) is 0.917. The topological polar surface area (TPSA) is 468 Å². The maximum absolute atomic E-state index is 10.6. The Bertz CT molecular complexity index is 3540. The summed E-state index contributed by atoms with van der Waals surface area (Å²) in [5.74, 6) is -8.92. The van der Waals surface area contributed by atoms with Crippen molar-refractivity contribution in [2.24, 2.45) is 0 Å². The van der Waals surface area contributed by atoms with Gasteiger partial charge in [-0.05, 0) is 639 Å². The number of aliphatic hydroxyl groups excluding tert-OH is 4. The van der Waals surface area contributed by atoms with E-state index in [-0.39, 0.29) is 124 Å². The normalized spacial score (nSPS) is 8.87. The van der Waals surface area contributed by atoms with E-state index in [1.165, 1.54) is 0 Å². The quantitative estimate of drug-likeness (QED) is 0.0475. The minimum absolute atomic E-state index is 0. The number of carboxylic acid groups (broad SMARTS) is 8. The summed E-state index contributed by atoms with van der Waals surface area (Å²) in [5.41, 5.74) is 2.16. The second-order valence-electron chi connectivity index (χ2n) is 16.3. The number of halogens is 24. The molecule has 0 aromatic heterocycles. The van der Waals surface area contributed by atoms with Crippen LogP contribution in [0, 0.1) is 85.7 Å². The Labute approximate surface area is 1000 Å². The van der Waals surface area contributed by atoms with E-state index in [0.717, 1.165) is 114 Å². The molecular formula is C60H38Cu4I24O22+2. The van der Waals surface area contributed by atoms with Crippen molar-refractivity contribution in [1.29, 1.82) is 0 Å². The number of benzene rings is 8. The Balaban J connectivity index is -0.000000127. The molecule has 0 aliphatic carbocycles. The number of rotatable bonds is 8. The number of carbonyl (C=O) groups is 8. The molecule has 0 aliphatic rings. The summed E-state index contributed by atoms with van der Waals surface area (Å²) in [5, 5.41) is 113. The van der Waals surface area contributed by atoms with Crippen LogP contribution in [-0.2, 0) is 79.2 Å². The molecule has 0 saturated heterocycles. The van der Waals surface area contributed by atoms with Gasteiger partial charge >= 0.3 is 68.3 Å². The van der Waals surface area contributed by atoms with Crippen molar-refractivity contribution < 1.29 is 179 Å². The Kier molecular flexibility index (Phi) is 97.2. The summed E-state index contributed by atoms with van der Waals surface area (Å²) in [4.78, 5) is 84.8. The maximum Gasteiger partial charge on any atom is 2.00 e. The fraction of sp³-hybridized carbons (Fsp3) is 0.0667. The van der Waals surface area contributed by atoms with Crippen molar-refractivity contribution in [3.63, 3.8) is 0 Å². The van der Waals surface area contributed by atoms with Crippen LogP contribution in [0.5, 0.6) is 0 Å². The van der Waals surface area contributed by atoms with Crippen LogP contribution in [0.25, 0.3) is 0 Å². The van der Waals surface area contributed by atoms with Gasteiger partial charge in [-0.3, -0.25) is 0 Å². The molecule has 0 spiro atoms. The van der Waals surface area contributed by atoms with Crippen molar-refractivity contribution in [2.75, 3.05) is 28.4 Å². The molecule has 0 heterocycles. The third-order valence-electron chi connectivity index (χ3n) is 9.70. The molecule has 10 N–H and O–H groups in total. The van der Waals surface area contributed by atoms with Crippen molar-refractivity contribution in [3.8, 4) is 0 Å². The van der Waals surface area contributed by atoms with Crippen molar-refractivity contribution in [2.45, 2.75) is 0 Å². The average molecular weight is 4410 g/mol. The molecule has 110 heavy (non-hydrogen) atoms. The van der Waals surface area contributed by atoms with E-state index in [9.17, 15) is 79.2 Å². The van der Waals surface area contributed by atoms with Gasteiger partial charge in [-0.15, -0.1) is 0 Å². The number of aromatic carboxylic acids is 8. The first kappa shape index (κ1) is 139. The zero-order valence-electron chi connectivity index (χ0n) is 53.0. The molecule has 0 aliphatic heterocycles. The first-order valence-corrected chi connectivity index (χ1v) is 50.7. The predicted octanol–water partition coefficient (Wildman–Crippen LogP) is 11.5. The zero-order chi connectivity index (χ0) is 82.4. The van der Waals surface area contributed by atoms with Crippen molar-refractivity contribution in [3.05, 3.63) is 227 Å². The molecule has 0 unspecified atom stereocenters. The summed E-state index contributed by atoms with van der Waals surface area (Å²) in [7, 11) is 4.00. The summed E-state index contributed by atoms with van der Waals surface area (Å²) < 4.78 is 20.8. The molecule has 22 nitrogen and oxygen atoms in total. The monoisotopic (exact) mass is 4410 g/mol. The van der Waals surface area contributed by atoms with Gasteiger partial charge in [0.15, 0.2) is 0 Å². The first-order chi connectivity index (χ1) is 48.2. The summed E-state index contributed by atoms with van der Waals surface area (Å²) in [6.45, 7) is 0. The summed E-state index contributed by atoms with van der Waals surface area (Å²) in [6.07, 6.45) is 0. The van der Waals surface area contributed by atoms with E-state index in [0.29, 0.717) is 0 Å². The van der Waals surface area contributed by atoms with Crippen LogP contribution in [0.1, 0.15) is 82.9 Å². The van der Waals surface area contributed by atoms with Crippen LogP contribution in [0.2, 0.25) is 0 Å². The number of carbonyl (C=O) groups excluding carboxylic acids is 8. The standard InChI is InChI=1S/8C7H3I3O2.4CH4O.4Cu.2H2O/c8*8-3-1-4(7(11)12)6(10)5(9)2-3;4*1-2;;;;;;/h8*1-2H,(H,11,12);4*2H,1H3;;;;;2*1H2/q;;;;;;;;;;;;4*+2;;/p-6. The van der Waals surface area contributed by atoms with Crippen LogP contribution < -0.4 is 40.9 Å². The third-order valence-corrected chi connectivity index (χ3v) is 39.0. The summed E-state index contributed by atoms with van der Waals surface area (Å²) >= 11 is 49.5. The van der Waals surface area contributed by atoms with E-state index in [4.69, 9.17) is 20.4 Å². The predicted molar refractivity (Wildman–Crippen MR) is 594 cm³/mol. The van der Waals surface area contributed by atoms with Crippen LogP contribution in [0.4, 0.5) is 0 Å². The van der Waals surface area contributed by atoms with E-state index < -0.39 is 47.8 Å². The molecule has 0 fully saturated rings. The van der Waals surface area contributed by atoms with Gasteiger partial charge in [0.1, 0.15) is 0 Å². The molecule has 0 atom stereocenters. The van der Waals surface area contributed by atoms with Crippen LogP contribution in [-0.4, -0.2) is 96.6 Å². The second kappa shape index (κ2) is 76.7. The molecule has 0 bridgehead atoms. The fourth-order valence-electron chi connectivity index (χ4n) is 5.64. The van der Waals surface area contributed by atoms with Gasteiger partial charge < -0.3 is 111 Å². The van der Waals surface area contributed by atoms with Gasteiger partial charge in [-0.2, -0.15) is 0 Å². The first-order valence-electron chi connectivity index (χ1n) is 24.8. The van der Waals surface area contributed by atoms with E-state index in [1.54, 1.807) is 48.5 Å². The minimum atomic E-state index is -1.11. The van der Waals surface area contributed by atoms with Gasteiger partial charge in [0, 0.05) is 159 Å². The van der Waals surface area contributed by atoms with Gasteiger partial charge in [0.2, 0.25) is 0 Å².